The number of hydrogen-bond donors (Lipinski definition) is 2. The lowest BCUT2D eigenvalue weighted by Crippen LogP contribution is -2.21. The van der Waals surface area contributed by atoms with Crippen LogP contribution in [0.5, 0.6) is 11.5 Å². The number of carbonyl (C=O) groups is 4. The number of carboxylic acids is 1. The van der Waals surface area contributed by atoms with Gasteiger partial charge in [0.2, 0.25) is 0 Å². The Balaban J connectivity index is 1.48. The van der Waals surface area contributed by atoms with Gasteiger partial charge in [-0.2, -0.15) is 10.1 Å². The summed E-state index contributed by atoms with van der Waals surface area (Å²) >= 11 is 3.48. The van der Waals surface area contributed by atoms with Gasteiger partial charge < -0.3 is 24.6 Å². The lowest BCUT2D eigenvalue weighted by molar-refractivity contribution is -0.118. The Morgan fingerprint density at radius 2 is 1.74 bits per heavy atom. The summed E-state index contributed by atoms with van der Waals surface area (Å²) in [6, 6.07) is 15.6. The first-order valence-electron chi connectivity index (χ1n) is 13.2. The molecule has 222 valence electrons. The van der Waals surface area contributed by atoms with E-state index in [9.17, 15) is 24.3 Å². The highest BCUT2D eigenvalue weighted by atomic mass is 79.9. The number of amides is 2. The number of hydrazone groups is 1. The predicted molar refractivity (Wildman–Crippen MR) is 164 cm³/mol. The van der Waals surface area contributed by atoms with Crippen molar-refractivity contribution in [3.63, 3.8) is 0 Å². The highest BCUT2D eigenvalue weighted by molar-refractivity contribution is 9.10. The molecule has 1 aliphatic heterocycles. The monoisotopic (exact) mass is 649 g/mol. The van der Waals surface area contributed by atoms with Gasteiger partial charge in [0.25, 0.3) is 11.8 Å². The number of benzene rings is 3. The van der Waals surface area contributed by atoms with Crippen molar-refractivity contribution in [1.82, 2.24) is 0 Å². The van der Waals surface area contributed by atoms with Gasteiger partial charge >= 0.3 is 11.9 Å². The van der Waals surface area contributed by atoms with Gasteiger partial charge in [0.1, 0.15) is 0 Å². The normalized spacial score (nSPS) is 13.5. The van der Waals surface area contributed by atoms with E-state index in [1.807, 2.05) is 0 Å². The predicted octanol–water partition coefficient (Wildman–Crippen LogP) is 5.55. The van der Waals surface area contributed by atoms with Gasteiger partial charge in [0, 0.05) is 5.69 Å². The van der Waals surface area contributed by atoms with Crippen LogP contribution in [-0.2, 0) is 14.3 Å². The van der Waals surface area contributed by atoms with Crippen LogP contribution in [0.4, 0.5) is 11.4 Å². The zero-order valence-corrected chi connectivity index (χ0v) is 25.1. The number of aromatic carboxylic acids is 1. The molecular weight excluding hydrogens is 622 g/mol. The van der Waals surface area contributed by atoms with Gasteiger partial charge in [-0.1, -0.05) is 6.07 Å². The standard InChI is InChI=1S/C31H28BrN3O8/c1-4-41-26-15-19(13-24-18(3)34-35(29(24)37)23-8-6-7-21(16-23)30(38)39)14-25(32)28(26)43-17-27(36)33-22-11-9-20(10-12-22)31(40)42-5-2/h6-16H,4-5,17H2,1-3H3,(H,33,36)(H,38,39)/b24-13+. The molecule has 3 aromatic rings. The Labute approximate surface area is 255 Å². The van der Waals surface area contributed by atoms with Crippen LogP contribution in [0, 0.1) is 0 Å². The lowest BCUT2D eigenvalue weighted by atomic mass is 10.1. The second kappa shape index (κ2) is 13.8. The van der Waals surface area contributed by atoms with Gasteiger partial charge in [-0.3, -0.25) is 9.59 Å². The fourth-order valence-corrected chi connectivity index (χ4v) is 4.68. The SMILES string of the molecule is CCOC(=O)c1ccc(NC(=O)COc2c(Br)cc(/C=C3/C(=O)N(c4cccc(C(=O)O)c4)N=C3C)cc2OCC)cc1. The van der Waals surface area contributed by atoms with Gasteiger partial charge in [0.15, 0.2) is 18.1 Å². The molecule has 0 aliphatic carbocycles. The van der Waals surface area contributed by atoms with Crippen molar-refractivity contribution in [2.45, 2.75) is 20.8 Å². The molecule has 11 nitrogen and oxygen atoms in total. The van der Waals surface area contributed by atoms with Gasteiger partial charge in [-0.25, -0.2) is 9.59 Å². The molecule has 0 aromatic heterocycles. The van der Waals surface area contributed by atoms with Crippen molar-refractivity contribution in [3.8, 4) is 11.5 Å². The second-order valence-corrected chi connectivity index (χ2v) is 9.97. The lowest BCUT2D eigenvalue weighted by Gasteiger charge is -2.15. The van der Waals surface area contributed by atoms with Crippen LogP contribution in [0.1, 0.15) is 47.1 Å². The molecule has 0 radical (unpaired) electrons. The first kappa shape index (κ1) is 31.0. The maximum absolute atomic E-state index is 13.2. The average molecular weight is 650 g/mol. The van der Waals surface area contributed by atoms with Crippen LogP contribution in [0.3, 0.4) is 0 Å². The van der Waals surface area contributed by atoms with E-state index < -0.39 is 23.8 Å². The number of rotatable bonds is 11. The van der Waals surface area contributed by atoms with Crippen LogP contribution < -0.4 is 19.8 Å². The number of hydrogen-bond acceptors (Lipinski definition) is 8. The van der Waals surface area contributed by atoms with E-state index in [-0.39, 0.29) is 18.8 Å². The third-order valence-corrected chi connectivity index (χ3v) is 6.66. The van der Waals surface area contributed by atoms with E-state index in [2.05, 4.69) is 26.3 Å². The van der Waals surface area contributed by atoms with Crippen LogP contribution in [-0.4, -0.2) is 54.4 Å². The summed E-state index contributed by atoms with van der Waals surface area (Å²) in [4.78, 5) is 49.0. The summed E-state index contributed by atoms with van der Waals surface area (Å²) in [6.45, 7) is 5.46. The Hall–Kier alpha value is -4.97. The van der Waals surface area contributed by atoms with Crippen molar-refractivity contribution in [2.24, 2.45) is 5.10 Å². The minimum absolute atomic E-state index is 0.0389. The largest absolute Gasteiger partial charge is 0.490 e. The van der Waals surface area contributed by atoms with E-state index >= 15 is 0 Å². The number of nitrogens with zero attached hydrogens (tertiary/aromatic N) is 2. The zero-order valence-electron chi connectivity index (χ0n) is 23.5. The van der Waals surface area contributed by atoms with E-state index in [1.165, 1.54) is 12.1 Å². The Bertz CT molecular complexity index is 1630. The van der Waals surface area contributed by atoms with Crippen molar-refractivity contribution in [3.05, 3.63) is 87.4 Å². The van der Waals surface area contributed by atoms with Crippen molar-refractivity contribution < 1.29 is 38.5 Å². The summed E-state index contributed by atoms with van der Waals surface area (Å²) in [5.74, 6) is -1.75. The van der Waals surface area contributed by atoms with Crippen LogP contribution in [0.2, 0.25) is 0 Å². The number of anilines is 2. The van der Waals surface area contributed by atoms with Gasteiger partial charge in [-0.05, 0) is 103 Å². The maximum Gasteiger partial charge on any atom is 0.338 e. The number of nitrogens with one attached hydrogen (secondary N) is 1. The van der Waals surface area contributed by atoms with E-state index in [0.717, 1.165) is 5.01 Å². The molecule has 0 atom stereocenters. The first-order valence-corrected chi connectivity index (χ1v) is 14.0. The fraction of sp³-hybridized carbons (Fsp3) is 0.194. The maximum atomic E-state index is 13.2. The van der Waals surface area contributed by atoms with E-state index in [1.54, 1.807) is 75.4 Å². The smallest absolute Gasteiger partial charge is 0.338 e. The number of ether oxygens (including phenoxy) is 3. The van der Waals surface area contributed by atoms with E-state index in [4.69, 9.17) is 14.2 Å². The number of carboxylic acid groups (broad SMARTS) is 1. The number of carbonyl (C=O) groups excluding carboxylic acids is 3. The van der Waals surface area contributed by atoms with Crippen LogP contribution in [0.25, 0.3) is 6.08 Å². The summed E-state index contributed by atoms with van der Waals surface area (Å²) < 4.78 is 17.0. The topological polar surface area (TPSA) is 144 Å². The molecule has 0 saturated carbocycles. The molecule has 0 bridgehead atoms. The van der Waals surface area contributed by atoms with Gasteiger partial charge in [0.05, 0.1) is 45.8 Å². The molecule has 1 aliphatic rings. The quantitative estimate of drug-likeness (QED) is 0.203. The van der Waals surface area contributed by atoms with Crippen LogP contribution >= 0.6 is 15.9 Å². The molecule has 0 saturated heterocycles. The third kappa shape index (κ3) is 7.46. The van der Waals surface area contributed by atoms with Gasteiger partial charge in [-0.15, -0.1) is 0 Å². The summed E-state index contributed by atoms with van der Waals surface area (Å²) in [5.41, 5.74) is 2.60. The second-order valence-electron chi connectivity index (χ2n) is 9.11. The van der Waals surface area contributed by atoms with E-state index in [0.29, 0.717) is 56.4 Å². The highest BCUT2D eigenvalue weighted by Crippen LogP contribution is 2.38. The van der Waals surface area contributed by atoms with Crippen LogP contribution in [0.15, 0.2) is 75.8 Å². The molecule has 12 heteroatoms. The highest BCUT2D eigenvalue weighted by Gasteiger charge is 2.29. The molecule has 2 N–H and O–H groups in total. The molecule has 2 amide bonds. The van der Waals surface area contributed by atoms with Crippen molar-refractivity contribution >= 4 is 62.8 Å². The molecule has 0 unspecified atom stereocenters. The molecular formula is C31H28BrN3O8. The van der Waals surface area contributed by atoms with Crippen molar-refractivity contribution in [2.75, 3.05) is 30.1 Å². The first-order chi connectivity index (χ1) is 20.6. The summed E-state index contributed by atoms with van der Waals surface area (Å²) in [5, 5.41) is 17.5. The average Bonchev–Trinajstić information content (AvgIpc) is 3.26. The molecule has 1 heterocycles. The fourth-order valence-electron chi connectivity index (χ4n) is 4.11. The zero-order chi connectivity index (χ0) is 31.1. The number of halogens is 1. The number of esters is 1. The molecule has 0 spiro atoms. The minimum Gasteiger partial charge on any atom is -0.490 e. The summed E-state index contributed by atoms with van der Waals surface area (Å²) in [6.07, 6.45) is 1.64. The summed E-state index contributed by atoms with van der Waals surface area (Å²) in [7, 11) is 0. The molecule has 4 rings (SSSR count). The third-order valence-electron chi connectivity index (χ3n) is 6.07. The molecule has 0 fully saturated rings. The Morgan fingerprint density at radius 1 is 1.00 bits per heavy atom. The Kier molecular flexibility index (Phi) is 9.94. The minimum atomic E-state index is -1.11. The molecule has 3 aromatic carbocycles. The molecule has 43 heavy (non-hydrogen) atoms. The Morgan fingerprint density at radius 3 is 2.42 bits per heavy atom. The van der Waals surface area contributed by atoms with Crippen molar-refractivity contribution in [1.29, 1.82) is 0 Å².